The molecule has 1 atom stereocenters. The van der Waals surface area contributed by atoms with Gasteiger partial charge in [0.15, 0.2) is 0 Å². The Hall–Kier alpha value is -1.99. The average molecular weight is 363 g/mol. The van der Waals surface area contributed by atoms with Crippen LogP contribution in [0.3, 0.4) is 0 Å². The summed E-state index contributed by atoms with van der Waals surface area (Å²) in [5, 5.41) is 2.87. The normalized spacial score (nSPS) is 21.2. The SMILES string of the molecule is Cc1ccc(N2CC[C@@H](C(=O)NCCCN3CCOCC3)C2=O)cc1F. The predicted octanol–water partition coefficient (Wildman–Crippen LogP) is 1.33. The monoisotopic (exact) mass is 363 g/mol. The number of halogens is 1. The van der Waals surface area contributed by atoms with Gasteiger partial charge >= 0.3 is 0 Å². The van der Waals surface area contributed by atoms with Crippen LogP contribution in [-0.4, -0.2) is 62.7 Å². The number of amides is 2. The van der Waals surface area contributed by atoms with E-state index in [0.29, 0.717) is 30.8 Å². The number of morpholine rings is 1. The van der Waals surface area contributed by atoms with Crippen LogP contribution >= 0.6 is 0 Å². The molecule has 1 aromatic rings. The summed E-state index contributed by atoms with van der Waals surface area (Å²) in [5.41, 5.74) is 1.05. The number of ether oxygens (including phenoxy) is 1. The Kier molecular flexibility index (Phi) is 6.21. The third-order valence-electron chi connectivity index (χ3n) is 5.04. The Morgan fingerprint density at radius 2 is 2.08 bits per heavy atom. The average Bonchev–Trinajstić information content (AvgIpc) is 3.03. The van der Waals surface area contributed by atoms with Crippen LogP contribution in [0.5, 0.6) is 0 Å². The Morgan fingerprint density at radius 3 is 2.81 bits per heavy atom. The molecule has 0 spiro atoms. The molecule has 2 saturated heterocycles. The Bertz CT molecular complexity index is 661. The van der Waals surface area contributed by atoms with Crippen molar-refractivity contribution in [2.75, 3.05) is 50.8 Å². The summed E-state index contributed by atoms with van der Waals surface area (Å²) in [6, 6.07) is 4.73. The molecule has 26 heavy (non-hydrogen) atoms. The molecule has 2 amide bonds. The van der Waals surface area contributed by atoms with E-state index in [4.69, 9.17) is 4.74 Å². The Balaban J connectivity index is 1.46. The number of carbonyl (C=O) groups is 2. The molecule has 142 valence electrons. The molecular formula is C19H26FN3O3. The van der Waals surface area contributed by atoms with Crippen molar-refractivity contribution in [3.05, 3.63) is 29.6 Å². The third kappa shape index (κ3) is 4.40. The van der Waals surface area contributed by atoms with E-state index in [2.05, 4.69) is 10.2 Å². The van der Waals surface area contributed by atoms with Gasteiger partial charge in [0.05, 0.1) is 13.2 Å². The molecule has 1 N–H and O–H groups in total. The van der Waals surface area contributed by atoms with Gasteiger partial charge in [-0.1, -0.05) is 6.07 Å². The predicted molar refractivity (Wildman–Crippen MR) is 96.5 cm³/mol. The van der Waals surface area contributed by atoms with E-state index in [1.54, 1.807) is 19.1 Å². The minimum Gasteiger partial charge on any atom is -0.379 e. The zero-order valence-corrected chi connectivity index (χ0v) is 15.2. The van der Waals surface area contributed by atoms with Gasteiger partial charge in [0.1, 0.15) is 11.7 Å². The van der Waals surface area contributed by atoms with Crippen molar-refractivity contribution in [3.8, 4) is 0 Å². The maximum atomic E-state index is 13.7. The molecule has 0 unspecified atom stereocenters. The maximum absolute atomic E-state index is 13.7. The van der Waals surface area contributed by atoms with Crippen molar-refractivity contribution in [3.63, 3.8) is 0 Å². The van der Waals surface area contributed by atoms with E-state index in [9.17, 15) is 14.0 Å². The minimum atomic E-state index is -0.678. The number of aryl methyl sites for hydroxylation is 1. The van der Waals surface area contributed by atoms with Gasteiger partial charge in [-0.25, -0.2) is 4.39 Å². The van der Waals surface area contributed by atoms with Gasteiger partial charge in [-0.2, -0.15) is 0 Å². The van der Waals surface area contributed by atoms with Crippen molar-refractivity contribution in [2.24, 2.45) is 5.92 Å². The first-order valence-corrected chi connectivity index (χ1v) is 9.21. The lowest BCUT2D eigenvalue weighted by Crippen LogP contribution is -2.40. The highest BCUT2D eigenvalue weighted by Gasteiger charge is 2.37. The molecule has 3 rings (SSSR count). The minimum absolute atomic E-state index is 0.230. The lowest BCUT2D eigenvalue weighted by Gasteiger charge is -2.26. The van der Waals surface area contributed by atoms with E-state index in [1.165, 1.54) is 11.0 Å². The molecule has 2 aliphatic heterocycles. The fourth-order valence-corrected chi connectivity index (χ4v) is 3.39. The second kappa shape index (κ2) is 8.60. The molecule has 0 saturated carbocycles. The largest absolute Gasteiger partial charge is 0.379 e. The van der Waals surface area contributed by atoms with Gasteiger partial charge in [0.25, 0.3) is 0 Å². The highest BCUT2D eigenvalue weighted by atomic mass is 19.1. The number of hydrogen-bond acceptors (Lipinski definition) is 4. The van der Waals surface area contributed by atoms with Gasteiger partial charge in [0, 0.05) is 31.9 Å². The van der Waals surface area contributed by atoms with Crippen LogP contribution in [0.1, 0.15) is 18.4 Å². The fourth-order valence-electron chi connectivity index (χ4n) is 3.39. The second-order valence-electron chi connectivity index (χ2n) is 6.86. The van der Waals surface area contributed by atoms with E-state index >= 15 is 0 Å². The van der Waals surface area contributed by atoms with Crippen LogP contribution in [0.15, 0.2) is 18.2 Å². The number of nitrogens with one attached hydrogen (secondary N) is 1. The van der Waals surface area contributed by atoms with Crippen molar-refractivity contribution in [2.45, 2.75) is 19.8 Å². The summed E-state index contributed by atoms with van der Waals surface area (Å²) in [4.78, 5) is 28.7. The van der Waals surface area contributed by atoms with Gasteiger partial charge in [-0.15, -0.1) is 0 Å². The van der Waals surface area contributed by atoms with Crippen LogP contribution in [0, 0.1) is 18.7 Å². The zero-order chi connectivity index (χ0) is 18.5. The maximum Gasteiger partial charge on any atom is 0.239 e. The number of anilines is 1. The first-order chi connectivity index (χ1) is 12.6. The molecule has 0 aromatic heterocycles. The topological polar surface area (TPSA) is 61.9 Å². The van der Waals surface area contributed by atoms with Crippen LogP contribution in [-0.2, 0) is 14.3 Å². The summed E-state index contributed by atoms with van der Waals surface area (Å²) >= 11 is 0. The van der Waals surface area contributed by atoms with Gasteiger partial charge in [-0.05, 0) is 44.0 Å². The zero-order valence-electron chi connectivity index (χ0n) is 15.2. The molecule has 2 heterocycles. The Morgan fingerprint density at radius 1 is 1.31 bits per heavy atom. The molecule has 1 aromatic carbocycles. The summed E-state index contributed by atoms with van der Waals surface area (Å²) < 4.78 is 19.1. The number of nitrogens with zero attached hydrogens (tertiary/aromatic N) is 2. The van der Waals surface area contributed by atoms with Gasteiger partial charge in [-0.3, -0.25) is 14.5 Å². The van der Waals surface area contributed by atoms with Crippen LogP contribution < -0.4 is 10.2 Å². The van der Waals surface area contributed by atoms with Gasteiger partial charge in [0.2, 0.25) is 11.8 Å². The molecule has 2 fully saturated rings. The number of rotatable bonds is 6. The first-order valence-electron chi connectivity index (χ1n) is 9.21. The van der Waals surface area contributed by atoms with Crippen LogP contribution in [0.25, 0.3) is 0 Å². The first kappa shape index (κ1) is 18.8. The molecular weight excluding hydrogens is 337 g/mol. The van der Waals surface area contributed by atoms with E-state index in [1.807, 2.05) is 0 Å². The van der Waals surface area contributed by atoms with E-state index < -0.39 is 5.92 Å². The molecule has 7 heteroatoms. The van der Waals surface area contributed by atoms with Gasteiger partial charge < -0.3 is 15.0 Å². The highest BCUT2D eigenvalue weighted by Crippen LogP contribution is 2.26. The molecule has 6 nitrogen and oxygen atoms in total. The summed E-state index contributed by atoms with van der Waals surface area (Å²) in [6.45, 7) is 6.96. The van der Waals surface area contributed by atoms with Crippen LogP contribution in [0.4, 0.5) is 10.1 Å². The van der Waals surface area contributed by atoms with Crippen molar-refractivity contribution in [1.29, 1.82) is 0 Å². The van der Waals surface area contributed by atoms with Crippen molar-refractivity contribution < 1.29 is 18.7 Å². The van der Waals surface area contributed by atoms with E-state index in [0.717, 1.165) is 39.3 Å². The molecule has 0 aliphatic carbocycles. The molecule has 2 aliphatic rings. The van der Waals surface area contributed by atoms with Crippen molar-refractivity contribution in [1.82, 2.24) is 10.2 Å². The van der Waals surface area contributed by atoms with Crippen molar-refractivity contribution >= 4 is 17.5 Å². The lowest BCUT2D eigenvalue weighted by molar-refractivity contribution is -0.132. The number of carbonyl (C=O) groups excluding carboxylic acids is 2. The van der Waals surface area contributed by atoms with E-state index in [-0.39, 0.29) is 17.6 Å². The highest BCUT2D eigenvalue weighted by molar-refractivity contribution is 6.09. The second-order valence-corrected chi connectivity index (χ2v) is 6.86. The summed E-state index contributed by atoms with van der Waals surface area (Å²) in [7, 11) is 0. The number of hydrogen-bond donors (Lipinski definition) is 1. The quantitative estimate of drug-likeness (QED) is 0.612. The summed E-state index contributed by atoms with van der Waals surface area (Å²) in [6.07, 6.45) is 1.31. The Labute approximate surface area is 153 Å². The molecule has 0 radical (unpaired) electrons. The number of benzene rings is 1. The fraction of sp³-hybridized carbons (Fsp3) is 0.579. The summed E-state index contributed by atoms with van der Waals surface area (Å²) in [5.74, 6) is -1.50. The lowest BCUT2D eigenvalue weighted by atomic mass is 10.1. The third-order valence-corrected chi connectivity index (χ3v) is 5.04. The van der Waals surface area contributed by atoms with Crippen LogP contribution in [0.2, 0.25) is 0 Å². The smallest absolute Gasteiger partial charge is 0.239 e. The standard InChI is InChI=1S/C19H26FN3O3/c1-14-3-4-15(13-17(14)20)23-8-5-16(19(23)25)18(24)21-6-2-7-22-9-11-26-12-10-22/h3-4,13,16H,2,5-12H2,1H3,(H,21,24)/t16-/m0/s1. The molecule has 0 bridgehead atoms.